The molecule has 3 aromatic carbocycles. The van der Waals surface area contributed by atoms with Gasteiger partial charge in [-0.3, -0.25) is 4.79 Å². The van der Waals surface area contributed by atoms with E-state index in [1.807, 2.05) is 24.3 Å². The van der Waals surface area contributed by atoms with E-state index >= 15 is 0 Å². The van der Waals surface area contributed by atoms with Crippen LogP contribution in [0.4, 0.5) is 0 Å². The van der Waals surface area contributed by atoms with Crippen molar-refractivity contribution in [2.24, 2.45) is 5.92 Å². The Morgan fingerprint density at radius 2 is 1.89 bits per heavy atom. The predicted molar refractivity (Wildman–Crippen MR) is 141 cm³/mol. The molecule has 2 aliphatic rings. The zero-order valence-electron chi connectivity index (χ0n) is 21.2. The number of carbonyl (C=O) groups excluding carboxylic acids is 1. The van der Waals surface area contributed by atoms with Gasteiger partial charge < -0.3 is 19.3 Å². The molecule has 0 saturated carbocycles. The third-order valence-electron chi connectivity index (χ3n) is 7.66. The van der Waals surface area contributed by atoms with Crippen LogP contribution in [0.1, 0.15) is 39.9 Å². The number of rotatable bonds is 8. The average molecular weight is 473 g/mol. The largest absolute Gasteiger partial charge is 0.497 e. The molecular weight excluding hydrogens is 436 g/mol. The molecule has 1 atom stereocenters. The quantitative estimate of drug-likeness (QED) is 0.420. The number of likely N-dealkylation sites (tertiary alicyclic amines) is 1. The van der Waals surface area contributed by atoms with Gasteiger partial charge >= 0.3 is 0 Å². The first-order valence-corrected chi connectivity index (χ1v) is 12.8. The first-order chi connectivity index (χ1) is 17.0. The maximum absolute atomic E-state index is 13.1. The molecule has 2 aliphatic heterocycles. The molecule has 0 N–H and O–H groups in total. The fourth-order valence-electron chi connectivity index (χ4n) is 5.52. The molecule has 35 heavy (non-hydrogen) atoms. The molecule has 3 aromatic rings. The topological polar surface area (TPSA) is 42.0 Å². The number of hydrogen-bond donors (Lipinski definition) is 0. The van der Waals surface area contributed by atoms with Crippen LogP contribution in [0.2, 0.25) is 0 Å². The number of methoxy groups -OCH3 is 1. The maximum Gasteiger partial charge on any atom is 0.254 e. The molecular formula is C30H36N2O3. The smallest absolute Gasteiger partial charge is 0.254 e. The van der Waals surface area contributed by atoms with Gasteiger partial charge in [-0.1, -0.05) is 18.2 Å². The van der Waals surface area contributed by atoms with Crippen LogP contribution in [0.15, 0.2) is 48.5 Å². The second kappa shape index (κ2) is 10.3. The van der Waals surface area contributed by atoms with E-state index in [4.69, 9.17) is 9.47 Å². The van der Waals surface area contributed by atoms with E-state index in [9.17, 15) is 4.79 Å². The zero-order chi connectivity index (χ0) is 24.4. The van der Waals surface area contributed by atoms with E-state index in [1.165, 1.54) is 16.7 Å². The number of fused-ring (bicyclic) bond motifs is 2. The lowest BCUT2D eigenvalue weighted by Crippen LogP contribution is -2.41. The van der Waals surface area contributed by atoms with Crippen molar-refractivity contribution in [2.75, 3.05) is 46.4 Å². The first-order valence-electron chi connectivity index (χ1n) is 12.8. The summed E-state index contributed by atoms with van der Waals surface area (Å²) in [7, 11) is 1.69. The van der Waals surface area contributed by atoms with E-state index < -0.39 is 0 Å². The molecule has 0 bridgehead atoms. The molecule has 1 saturated heterocycles. The number of aryl methyl sites for hydroxylation is 2. The number of amides is 1. The van der Waals surface area contributed by atoms with Crippen molar-refractivity contribution in [1.82, 2.24) is 9.80 Å². The zero-order valence-corrected chi connectivity index (χ0v) is 21.2. The molecule has 5 heteroatoms. The fourth-order valence-corrected chi connectivity index (χ4v) is 5.52. The van der Waals surface area contributed by atoms with Crippen LogP contribution in [0.5, 0.6) is 11.5 Å². The van der Waals surface area contributed by atoms with Crippen LogP contribution in [0.25, 0.3) is 10.8 Å². The molecule has 5 nitrogen and oxygen atoms in total. The van der Waals surface area contributed by atoms with E-state index in [-0.39, 0.29) is 5.91 Å². The number of ether oxygens (including phenoxy) is 2. The lowest BCUT2D eigenvalue weighted by molar-refractivity contribution is 0.0712. The van der Waals surface area contributed by atoms with Gasteiger partial charge in [0.1, 0.15) is 11.5 Å². The summed E-state index contributed by atoms with van der Waals surface area (Å²) in [6.07, 6.45) is 3.13. The summed E-state index contributed by atoms with van der Waals surface area (Å²) in [6.45, 7) is 9.85. The molecule has 2 heterocycles. The molecule has 0 radical (unpaired) electrons. The Bertz CT molecular complexity index is 1220. The Labute approximate surface area is 208 Å². The fraction of sp³-hybridized carbons (Fsp3) is 0.433. The Kier molecular flexibility index (Phi) is 6.96. The second-order valence-electron chi connectivity index (χ2n) is 10.1. The van der Waals surface area contributed by atoms with Gasteiger partial charge in [0.2, 0.25) is 0 Å². The summed E-state index contributed by atoms with van der Waals surface area (Å²) in [5, 5.41) is 2.25. The highest BCUT2D eigenvalue weighted by atomic mass is 16.5. The highest BCUT2D eigenvalue weighted by Crippen LogP contribution is 2.29. The lowest BCUT2D eigenvalue weighted by atomic mass is 9.93. The van der Waals surface area contributed by atoms with E-state index in [0.29, 0.717) is 12.5 Å². The van der Waals surface area contributed by atoms with E-state index in [2.05, 4.69) is 47.9 Å². The molecule has 184 valence electrons. The summed E-state index contributed by atoms with van der Waals surface area (Å²) >= 11 is 0. The molecule has 5 rings (SSSR count). The van der Waals surface area contributed by atoms with Gasteiger partial charge in [0.15, 0.2) is 0 Å². The Morgan fingerprint density at radius 1 is 1.03 bits per heavy atom. The molecule has 0 aromatic heterocycles. The van der Waals surface area contributed by atoms with Crippen molar-refractivity contribution in [3.63, 3.8) is 0 Å². The van der Waals surface area contributed by atoms with Crippen LogP contribution < -0.4 is 9.47 Å². The minimum absolute atomic E-state index is 0.217. The minimum Gasteiger partial charge on any atom is -0.497 e. The standard InChI is InChI=1S/C30H36N2O3/c1-21-16-25-11-14-32(30(33)28(25)17-22(21)2)20-23-10-13-31(19-23)12-5-15-35-29-7-4-6-24-18-26(34-3)8-9-27(24)29/h4,6-9,16-18,23H,5,10-15,19-20H2,1-3H3. The minimum atomic E-state index is 0.217. The van der Waals surface area contributed by atoms with Crippen LogP contribution in [-0.2, 0) is 6.42 Å². The van der Waals surface area contributed by atoms with Crippen molar-refractivity contribution in [3.8, 4) is 11.5 Å². The summed E-state index contributed by atoms with van der Waals surface area (Å²) < 4.78 is 11.5. The lowest BCUT2D eigenvalue weighted by Gasteiger charge is -2.31. The van der Waals surface area contributed by atoms with Crippen LogP contribution >= 0.6 is 0 Å². The number of carbonyl (C=O) groups is 1. The highest BCUT2D eigenvalue weighted by Gasteiger charge is 2.30. The predicted octanol–water partition coefficient (Wildman–Crippen LogP) is 5.25. The summed E-state index contributed by atoms with van der Waals surface area (Å²) in [5.41, 5.74) is 4.61. The van der Waals surface area contributed by atoms with Gasteiger partial charge in [0.05, 0.1) is 13.7 Å². The third kappa shape index (κ3) is 5.15. The van der Waals surface area contributed by atoms with Crippen LogP contribution in [0, 0.1) is 19.8 Å². The van der Waals surface area contributed by atoms with Crippen molar-refractivity contribution in [1.29, 1.82) is 0 Å². The van der Waals surface area contributed by atoms with Gasteiger partial charge in [-0.2, -0.15) is 0 Å². The van der Waals surface area contributed by atoms with Crippen molar-refractivity contribution >= 4 is 16.7 Å². The van der Waals surface area contributed by atoms with Crippen molar-refractivity contribution in [3.05, 3.63) is 70.8 Å². The van der Waals surface area contributed by atoms with Crippen LogP contribution in [0.3, 0.4) is 0 Å². The molecule has 1 amide bonds. The average Bonchev–Trinajstić information content (AvgIpc) is 3.32. The van der Waals surface area contributed by atoms with Crippen LogP contribution in [-0.4, -0.2) is 62.1 Å². The number of hydrogen-bond acceptors (Lipinski definition) is 4. The van der Waals surface area contributed by atoms with Gasteiger partial charge in [-0.05, 0) is 98.0 Å². The van der Waals surface area contributed by atoms with Gasteiger partial charge in [0, 0.05) is 37.1 Å². The SMILES string of the molecule is COc1ccc2c(OCCCN3CCC(CN4CCc5cc(C)c(C)cc5C4=O)C3)cccc2c1. The number of benzene rings is 3. The monoisotopic (exact) mass is 472 g/mol. The summed E-state index contributed by atoms with van der Waals surface area (Å²) in [5.74, 6) is 2.56. The van der Waals surface area contributed by atoms with Gasteiger partial charge in [-0.15, -0.1) is 0 Å². The highest BCUT2D eigenvalue weighted by molar-refractivity contribution is 5.97. The van der Waals surface area contributed by atoms with Gasteiger partial charge in [-0.25, -0.2) is 0 Å². The van der Waals surface area contributed by atoms with E-state index in [0.717, 1.165) is 79.8 Å². The first kappa shape index (κ1) is 23.7. The molecule has 0 spiro atoms. The van der Waals surface area contributed by atoms with Gasteiger partial charge in [0.25, 0.3) is 5.91 Å². The third-order valence-corrected chi connectivity index (χ3v) is 7.66. The number of nitrogens with zero attached hydrogens (tertiary/aromatic N) is 2. The Balaban J connectivity index is 1.09. The van der Waals surface area contributed by atoms with Crippen molar-refractivity contribution < 1.29 is 14.3 Å². The second-order valence-corrected chi connectivity index (χ2v) is 10.1. The normalized spacial score (nSPS) is 18.2. The molecule has 1 fully saturated rings. The maximum atomic E-state index is 13.1. The van der Waals surface area contributed by atoms with Crippen molar-refractivity contribution in [2.45, 2.75) is 33.1 Å². The Morgan fingerprint density at radius 3 is 2.74 bits per heavy atom. The summed E-state index contributed by atoms with van der Waals surface area (Å²) in [6, 6.07) is 16.5. The Hall–Kier alpha value is -3.05. The molecule has 1 unspecified atom stereocenters. The summed E-state index contributed by atoms with van der Waals surface area (Å²) in [4.78, 5) is 17.7. The van der Waals surface area contributed by atoms with E-state index in [1.54, 1.807) is 7.11 Å². The molecule has 0 aliphatic carbocycles.